The standard InChI is InChI=1S/C14H24O4/c1-4-17-12(15)8-13(16)18-10-11-6-5-7-14(2,3)9-11/h11H,4-10H2,1-3H3. The molecule has 1 rings (SSSR count). The van der Waals surface area contributed by atoms with Gasteiger partial charge in [-0.05, 0) is 37.5 Å². The van der Waals surface area contributed by atoms with Crippen LogP contribution in [0.1, 0.15) is 52.9 Å². The van der Waals surface area contributed by atoms with E-state index in [1.54, 1.807) is 6.92 Å². The van der Waals surface area contributed by atoms with Crippen molar-refractivity contribution in [2.45, 2.75) is 52.9 Å². The Balaban J connectivity index is 2.24. The van der Waals surface area contributed by atoms with E-state index in [4.69, 9.17) is 9.47 Å². The highest BCUT2D eigenvalue weighted by Crippen LogP contribution is 2.38. The number of rotatable bonds is 5. The SMILES string of the molecule is CCOC(=O)CC(=O)OCC1CCCC(C)(C)C1. The molecule has 0 saturated heterocycles. The van der Waals surface area contributed by atoms with Crippen molar-refractivity contribution < 1.29 is 19.1 Å². The quantitative estimate of drug-likeness (QED) is 0.560. The van der Waals surface area contributed by atoms with Gasteiger partial charge in [0.1, 0.15) is 6.42 Å². The van der Waals surface area contributed by atoms with E-state index >= 15 is 0 Å². The van der Waals surface area contributed by atoms with Gasteiger partial charge in [0.2, 0.25) is 0 Å². The Morgan fingerprint density at radius 2 is 1.89 bits per heavy atom. The molecule has 0 radical (unpaired) electrons. The zero-order chi connectivity index (χ0) is 13.6. The average molecular weight is 256 g/mol. The summed E-state index contributed by atoms with van der Waals surface area (Å²) in [5, 5.41) is 0. The van der Waals surface area contributed by atoms with Crippen LogP contribution in [0.15, 0.2) is 0 Å². The third-order valence-electron chi connectivity index (χ3n) is 3.38. The molecule has 4 nitrogen and oxygen atoms in total. The first-order valence-electron chi connectivity index (χ1n) is 6.74. The zero-order valence-corrected chi connectivity index (χ0v) is 11.7. The molecule has 0 aromatic heterocycles. The van der Waals surface area contributed by atoms with Crippen molar-refractivity contribution in [2.24, 2.45) is 11.3 Å². The summed E-state index contributed by atoms with van der Waals surface area (Å²) in [5.41, 5.74) is 0.344. The van der Waals surface area contributed by atoms with Crippen LogP contribution in [0, 0.1) is 11.3 Å². The number of ether oxygens (including phenoxy) is 2. The molecule has 0 aromatic rings. The zero-order valence-electron chi connectivity index (χ0n) is 11.7. The number of carbonyl (C=O) groups excluding carboxylic acids is 2. The molecule has 1 saturated carbocycles. The third-order valence-corrected chi connectivity index (χ3v) is 3.38. The fourth-order valence-corrected chi connectivity index (χ4v) is 2.59. The molecule has 0 amide bonds. The molecule has 0 heterocycles. The molecule has 4 heteroatoms. The predicted molar refractivity (Wildman–Crippen MR) is 67.9 cm³/mol. The van der Waals surface area contributed by atoms with Gasteiger partial charge in [0.05, 0.1) is 13.2 Å². The van der Waals surface area contributed by atoms with Crippen LogP contribution < -0.4 is 0 Å². The van der Waals surface area contributed by atoms with E-state index in [1.807, 2.05) is 0 Å². The third kappa shape index (κ3) is 5.52. The van der Waals surface area contributed by atoms with E-state index < -0.39 is 11.9 Å². The lowest BCUT2D eigenvalue weighted by molar-refractivity contribution is -0.155. The summed E-state index contributed by atoms with van der Waals surface area (Å²) >= 11 is 0. The van der Waals surface area contributed by atoms with Crippen molar-refractivity contribution in [1.82, 2.24) is 0 Å². The van der Waals surface area contributed by atoms with Crippen molar-refractivity contribution in [3.8, 4) is 0 Å². The minimum atomic E-state index is -0.508. The van der Waals surface area contributed by atoms with Crippen LogP contribution in [0.25, 0.3) is 0 Å². The van der Waals surface area contributed by atoms with Crippen molar-refractivity contribution in [1.29, 1.82) is 0 Å². The van der Waals surface area contributed by atoms with Crippen molar-refractivity contribution in [2.75, 3.05) is 13.2 Å². The van der Waals surface area contributed by atoms with E-state index in [9.17, 15) is 9.59 Å². The van der Waals surface area contributed by atoms with Gasteiger partial charge < -0.3 is 9.47 Å². The summed E-state index contributed by atoms with van der Waals surface area (Å²) in [5.74, 6) is -0.553. The highest BCUT2D eigenvalue weighted by atomic mass is 16.6. The maximum absolute atomic E-state index is 11.4. The smallest absolute Gasteiger partial charge is 0.317 e. The van der Waals surface area contributed by atoms with E-state index in [0.717, 1.165) is 12.8 Å². The van der Waals surface area contributed by atoms with Crippen molar-refractivity contribution in [3.63, 3.8) is 0 Å². The number of esters is 2. The average Bonchev–Trinajstić information content (AvgIpc) is 2.25. The van der Waals surface area contributed by atoms with Gasteiger partial charge >= 0.3 is 11.9 Å². The van der Waals surface area contributed by atoms with Gasteiger partial charge in [-0.15, -0.1) is 0 Å². The molecule has 1 fully saturated rings. The molecular formula is C14H24O4. The van der Waals surface area contributed by atoms with E-state index in [0.29, 0.717) is 24.5 Å². The van der Waals surface area contributed by atoms with Crippen LogP contribution in [0.3, 0.4) is 0 Å². The van der Waals surface area contributed by atoms with Gasteiger partial charge in [0.15, 0.2) is 0 Å². The number of hydrogen-bond acceptors (Lipinski definition) is 4. The molecule has 0 aromatic carbocycles. The van der Waals surface area contributed by atoms with Gasteiger partial charge in [-0.2, -0.15) is 0 Å². The summed E-state index contributed by atoms with van der Waals surface area (Å²) in [4.78, 5) is 22.5. The summed E-state index contributed by atoms with van der Waals surface area (Å²) < 4.78 is 9.85. The lowest BCUT2D eigenvalue weighted by Crippen LogP contribution is -2.27. The molecule has 0 bridgehead atoms. The van der Waals surface area contributed by atoms with E-state index in [-0.39, 0.29) is 6.42 Å². The molecule has 1 atom stereocenters. The molecule has 18 heavy (non-hydrogen) atoms. The van der Waals surface area contributed by atoms with Crippen LogP contribution in [0.5, 0.6) is 0 Å². The fourth-order valence-electron chi connectivity index (χ4n) is 2.59. The highest BCUT2D eigenvalue weighted by molar-refractivity contribution is 5.91. The van der Waals surface area contributed by atoms with Gasteiger partial charge in [-0.3, -0.25) is 9.59 Å². The van der Waals surface area contributed by atoms with E-state index in [1.165, 1.54) is 12.8 Å². The minimum absolute atomic E-state index is 0.274. The van der Waals surface area contributed by atoms with Crippen LogP contribution in [-0.2, 0) is 19.1 Å². The molecule has 0 aliphatic heterocycles. The Hall–Kier alpha value is -1.06. The van der Waals surface area contributed by atoms with Crippen LogP contribution >= 0.6 is 0 Å². The first-order valence-corrected chi connectivity index (χ1v) is 6.74. The van der Waals surface area contributed by atoms with E-state index in [2.05, 4.69) is 13.8 Å². The first-order chi connectivity index (χ1) is 8.43. The summed E-state index contributed by atoms with van der Waals surface area (Å²) in [6, 6.07) is 0. The number of carbonyl (C=O) groups is 2. The Bertz CT molecular complexity index is 296. The van der Waals surface area contributed by atoms with Crippen molar-refractivity contribution in [3.05, 3.63) is 0 Å². The Morgan fingerprint density at radius 1 is 1.22 bits per heavy atom. The van der Waals surface area contributed by atoms with Gasteiger partial charge in [0.25, 0.3) is 0 Å². The maximum atomic E-state index is 11.4. The van der Waals surface area contributed by atoms with Crippen LogP contribution in [0.4, 0.5) is 0 Å². The van der Waals surface area contributed by atoms with Crippen LogP contribution in [0.2, 0.25) is 0 Å². The Morgan fingerprint density at radius 3 is 2.50 bits per heavy atom. The second-order valence-electron chi connectivity index (χ2n) is 5.79. The molecule has 1 aliphatic carbocycles. The summed E-state index contributed by atoms with van der Waals surface area (Å²) in [6.45, 7) is 6.94. The first kappa shape index (κ1) is 15.0. The second-order valence-corrected chi connectivity index (χ2v) is 5.79. The fraction of sp³-hybridized carbons (Fsp3) is 0.857. The summed E-state index contributed by atoms with van der Waals surface area (Å²) in [7, 11) is 0. The molecular weight excluding hydrogens is 232 g/mol. The number of hydrogen-bond donors (Lipinski definition) is 0. The lowest BCUT2D eigenvalue weighted by Gasteiger charge is -2.34. The Kier molecular flexibility index (Phi) is 5.63. The molecule has 0 N–H and O–H groups in total. The van der Waals surface area contributed by atoms with Gasteiger partial charge in [-0.1, -0.05) is 20.3 Å². The lowest BCUT2D eigenvalue weighted by atomic mass is 9.72. The summed E-state index contributed by atoms with van der Waals surface area (Å²) in [6.07, 6.45) is 4.34. The molecule has 1 unspecified atom stereocenters. The monoisotopic (exact) mass is 256 g/mol. The maximum Gasteiger partial charge on any atom is 0.317 e. The minimum Gasteiger partial charge on any atom is -0.466 e. The molecule has 104 valence electrons. The van der Waals surface area contributed by atoms with Gasteiger partial charge in [0, 0.05) is 0 Å². The highest BCUT2D eigenvalue weighted by Gasteiger charge is 2.28. The Labute approximate surface area is 109 Å². The second kappa shape index (κ2) is 6.76. The molecule has 0 spiro atoms. The van der Waals surface area contributed by atoms with Gasteiger partial charge in [-0.25, -0.2) is 0 Å². The van der Waals surface area contributed by atoms with Crippen LogP contribution in [-0.4, -0.2) is 25.2 Å². The predicted octanol–water partition coefficient (Wildman–Crippen LogP) is 2.70. The normalized spacial score (nSPS) is 22.3. The largest absolute Gasteiger partial charge is 0.466 e. The van der Waals surface area contributed by atoms with Crippen molar-refractivity contribution >= 4 is 11.9 Å². The topological polar surface area (TPSA) is 52.6 Å². The molecule has 1 aliphatic rings.